The maximum Gasteiger partial charge on any atom is 0.339 e. The summed E-state index contributed by atoms with van der Waals surface area (Å²) in [6.45, 7) is 1.78. The molecule has 6 nitrogen and oxygen atoms in total. The molecule has 26 heavy (non-hydrogen) atoms. The Kier molecular flexibility index (Phi) is 4.01. The summed E-state index contributed by atoms with van der Waals surface area (Å²) in [5.74, 6) is -0.224. The number of aromatic nitrogens is 1. The van der Waals surface area contributed by atoms with Gasteiger partial charge in [-0.05, 0) is 23.8 Å². The van der Waals surface area contributed by atoms with Crippen molar-refractivity contribution < 1.29 is 18.7 Å². The van der Waals surface area contributed by atoms with Crippen LogP contribution in [0.4, 0.5) is 5.69 Å². The molecule has 0 bridgehead atoms. The van der Waals surface area contributed by atoms with Crippen LogP contribution in [0.3, 0.4) is 0 Å². The number of hydrogen-bond donors (Lipinski definition) is 1. The van der Waals surface area contributed by atoms with E-state index in [-0.39, 0.29) is 5.91 Å². The largest absolute Gasteiger partial charge is 0.449 e. The number of esters is 1. The van der Waals surface area contributed by atoms with Crippen LogP contribution in [0.25, 0.3) is 11.3 Å². The minimum absolute atomic E-state index is 0.349. The number of aryl methyl sites for hydroxylation is 1. The van der Waals surface area contributed by atoms with Gasteiger partial charge in [0.05, 0.1) is 5.56 Å². The Hall–Kier alpha value is -3.41. The van der Waals surface area contributed by atoms with E-state index in [1.54, 1.807) is 37.5 Å². The Labute approximate surface area is 149 Å². The summed E-state index contributed by atoms with van der Waals surface area (Å²) in [6, 6.07) is 14.4. The smallest absolute Gasteiger partial charge is 0.339 e. The van der Waals surface area contributed by atoms with Gasteiger partial charge in [0.2, 0.25) is 0 Å². The number of amides is 1. The van der Waals surface area contributed by atoms with Gasteiger partial charge in [-0.3, -0.25) is 4.79 Å². The lowest BCUT2D eigenvalue weighted by Crippen LogP contribution is -2.37. The van der Waals surface area contributed by atoms with Gasteiger partial charge in [-0.25, -0.2) is 9.78 Å². The molecular formula is C20H16N2O4. The van der Waals surface area contributed by atoms with Crippen LogP contribution in [-0.4, -0.2) is 23.0 Å². The highest BCUT2D eigenvalue weighted by molar-refractivity contribution is 6.00. The van der Waals surface area contributed by atoms with Crippen LogP contribution in [-0.2, 0) is 16.0 Å². The van der Waals surface area contributed by atoms with Crippen LogP contribution in [0, 0.1) is 6.92 Å². The first kappa shape index (κ1) is 16.1. The molecule has 1 unspecified atom stereocenters. The van der Waals surface area contributed by atoms with Crippen molar-refractivity contribution in [2.45, 2.75) is 19.4 Å². The van der Waals surface area contributed by atoms with E-state index in [1.807, 2.05) is 24.3 Å². The van der Waals surface area contributed by atoms with Crippen molar-refractivity contribution in [1.82, 2.24) is 4.98 Å². The molecule has 1 aromatic heterocycles. The predicted molar refractivity (Wildman–Crippen MR) is 94.7 cm³/mol. The molecule has 1 N–H and O–H groups in total. The summed E-state index contributed by atoms with van der Waals surface area (Å²) >= 11 is 0. The number of hydrogen-bond acceptors (Lipinski definition) is 5. The number of carbonyl (C=O) groups excluding carboxylic acids is 2. The Morgan fingerprint density at radius 3 is 2.65 bits per heavy atom. The number of benzene rings is 2. The number of carbonyl (C=O) groups is 2. The average molecular weight is 348 g/mol. The third kappa shape index (κ3) is 3.09. The minimum Gasteiger partial charge on any atom is -0.449 e. The predicted octanol–water partition coefficient (Wildman–Crippen LogP) is 3.37. The Balaban J connectivity index is 1.46. The maximum absolute atomic E-state index is 12.5. The fourth-order valence-electron chi connectivity index (χ4n) is 2.92. The monoisotopic (exact) mass is 348 g/mol. The molecule has 1 amide bonds. The molecule has 0 radical (unpaired) electrons. The van der Waals surface area contributed by atoms with E-state index in [0.29, 0.717) is 23.6 Å². The van der Waals surface area contributed by atoms with E-state index in [0.717, 1.165) is 16.8 Å². The first-order chi connectivity index (χ1) is 12.6. The van der Waals surface area contributed by atoms with E-state index in [2.05, 4.69) is 10.3 Å². The molecule has 0 aliphatic carbocycles. The fraction of sp³-hybridized carbons (Fsp3) is 0.150. The summed E-state index contributed by atoms with van der Waals surface area (Å²) in [7, 11) is 0. The molecule has 0 fully saturated rings. The summed E-state index contributed by atoms with van der Waals surface area (Å²) in [5.41, 5.74) is 3.58. The lowest BCUT2D eigenvalue weighted by atomic mass is 9.98. The van der Waals surface area contributed by atoms with Crippen LogP contribution >= 0.6 is 0 Å². The second-order valence-electron chi connectivity index (χ2n) is 6.07. The van der Waals surface area contributed by atoms with Crippen molar-refractivity contribution in [3.8, 4) is 11.3 Å². The van der Waals surface area contributed by atoms with Crippen LogP contribution in [0.5, 0.6) is 0 Å². The molecule has 0 saturated heterocycles. The molecule has 4 rings (SSSR count). The van der Waals surface area contributed by atoms with Crippen molar-refractivity contribution in [2.24, 2.45) is 0 Å². The second-order valence-corrected chi connectivity index (χ2v) is 6.07. The Morgan fingerprint density at radius 2 is 1.92 bits per heavy atom. The third-order valence-corrected chi connectivity index (χ3v) is 4.25. The van der Waals surface area contributed by atoms with Gasteiger partial charge in [0.15, 0.2) is 12.0 Å². The molecular weight excluding hydrogens is 332 g/mol. The number of oxazole rings is 1. The lowest BCUT2D eigenvalue weighted by Gasteiger charge is -2.23. The zero-order chi connectivity index (χ0) is 18.1. The van der Waals surface area contributed by atoms with Crippen molar-refractivity contribution in [2.75, 3.05) is 5.32 Å². The van der Waals surface area contributed by atoms with Crippen molar-refractivity contribution in [1.29, 1.82) is 0 Å². The number of nitrogens with one attached hydrogen (secondary N) is 1. The van der Waals surface area contributed by atoms with E-state index in [4.69, 9.17) is 9.15 Å². The van der Waals surface area contributed by atoms with Crippen LogP contribution in [0.1, 0.15) is 21.8 Å². The highest BCUT2D eigenvalue weighted by Crippen LogP contribution is 2.23. The first-order valence-corrected chi connectivity index (χ1v) is 8.22. The second kappa shape index (κ2) is 6.48. The zero-order valence-corrected chi connectivity index (χ0v) is 14.1. The van der Waals surface area contributed by atoms with Gasteiger partial charge in [-0.15, -0.1) is 0 Å². The molecule has 0 saturated carbocycles. The van der Waals surface area contributed by atoms with Crippen molar-refractivity contribution >= 4 is 17.6 Å². The summed E-state index contributed by atoms with van der Waals surface area (Å²) < 4.78 is 10.5. The van der Waals surface area contributed by atoms with Gasteiger partial charge < -0.3 is 14.5 Å². The minimum atomic E-state index is -0.838. The van der Waals surface area contributed by atoms with Gasteiger partial charge >= 0.3 is 5.97 Å². The molecule has 1 aliphatic rings. The number of nitrogens with zero attached hydrogens (tertiary/aromatic N) is 1. The number of ether oxygens (including phenoxy) is 1. The van der Waals surface area contributed by atoms with E-state index >= 15 is 0 Å². The van der Waals surface area contributed by atoms with Gasteiger partial charge in [0.1, 0.15) is 12.0 Å². The van der Waals surface area contributed by atoms with Crippen molar-refractivity contribution in [3.63, 3.8) is 0 Å². The van der Waals surface area contributed by atoms with Gasteiger partial charge in [-0.1, -0.05) is 30.3 Å². The standard InChI is InChI=1S/C20H16N2O4/c1-12-21-17(11-25-12)13-6-8-15(9-7-13)22-19(23)18-10-14-4-2-3-5-16(14)20(24)26-18/h2-9,11,18H,10H2,1H3,(H,22,23). The lowest BCUT2D eigenvalue weighted by molar-refractivity contribution is -0.125. The normalized spacial score (nSPS) is 15.9. The van der Waals surface area contributed by atoms with Gasteiger partial charge in [0, 0.05) is 24.6 Å². The first-order valence-electron chi connectivity index (χ1n) is 8.22. The van der Waals surface area contributed by atoms with E-state index in [9.17, 15) is 9.59 Å². The maximum atomic E-state index is 12.5. The molecule has 3 aromatic rings. The summed E-state index contributed by atoms with van der Waals surface area (Å²) in [5, 5.41) is 2.79. The molecule has 0 spiro atoms. The van der Waals surface area contributed by atoms with E-state index < -0.39 is 12.1 Å². The molecule has 130 valence electrons. The molecule has 1 atom stereocenters. The van der Waals surface area contributed by atoms with Crippen LogP contribution < -0.4 is 5.32 Å². The molecule has 6 heteroatoms. The van der Waals surface area contributed by atoms with E-state index in [1.165, 1.54) is 0 Å². The molecule has 2 aromatic carbocycles. The number of fused-ring (bicyclic) bond motifs is 1. The number of rotatable bonds is 3. The SMILES string of the molecule is Cc1nc(-c2ccc(NC(=O)C3Cc4ccccc4C(=O)O3)cc2)co1. The quantitative estimate of drug-likeness (QED) is 0.734. The highest BCUT2D eigenvalue weighted by atomic mass is 16.5. The summed E-state index contributed by atoms with van der Waals surface area (Å²) in [4.78, 5) is 28.8. The van der Waals surface area contributed by atoms with Gasteiger partial charge in [0.25, 0.3) is 5.91 Å². The van der Waals surface area contributed by atoms with Crippen LogP contribution in [0.2, 0.25) is 0 Å². The van der Waals surface area contributed by atoms with Crippen molar-refractivity contribution in [3.05, 3.63) is 71.8 Å². The Morgan fingerprint density at radius 1 is 1.15 bits per heavy atom. The molecule has 1 aliphatic heterocycles. The zero-order valence-electron chi connectivity index (χ0n) is 14.1. The number of cyclic esters (lactones) is 1. The highest BCUT2D eigenvalue weighted by Gasteiger charge is 2.31. The summed E-state index contributed by atoms with van der Waals surface area (Å²) in [6.07, 6.45) is 1.11. The number of anilines is 1. The average Bonchev–Trinajstić information content (AvgIpc) is 3.09. The van der Waals surface area contributed by atoms with Crippen LogP contribution in [0.15, 0.2) is 59.2 Å². The van der Waals surface area contributed by atoms with Gasteiger partial charge in [-0.2, -0.15) is 0 Å². The molecule has 2 heterocycles. The topological polar surface area (TPSA) is 81.4 Å². The Bertz CT molecular complexity index is 975. The third-order valence-electron chi connectivity index (χ3n) is 4.25. The fourth-order valence-corrected chi connectivity index (χ4v) is 2.92.